The lowest BCUT2D eigenvalue weighted by molar-refractivity contribution is 0.222. The predicted molar refractivity (Wildman–Crippen MR) is 71.0 cm³/mol. The van der Waals surface area contributed by atoms with E-state index in [1.165, 1.54) is 12.8 Å². The van der Waals surface area contributed by atoms with Gasteiger partial charge in [0, 0.05) is 6.04 Å². The summed E-state index contributed by atoms with van der Waals surface area (Å²) in [6.45, 7) is 5.96. The molecule has 1 unspecified atom stereocenters. The molecular weight excluding hydrogens is 252 g/mol. The lowest BCUT2D eigenvalue weighted by atomic mass is 10.2. The fourth-order valence-corrected chi connectivity index (χ4v) is 1.95. The van der Waals surface area contributed by atoms with Crippen molar-refractivity contribution in [1.29, 1.82) is 0 Å². The van der Waals surface area contributed by atoms with Crippen LogP contribution in [0.5, 0.6) is 6.01 Å². The van der Waals surface area contributed by atoms with E-state index in [0.717, 1.165) is 12.3 Å². The first-order chi connectivity index (χ1) is 8.52. The van der Waals surface area contributed by atoms with E-state index in [1.54, 1.807) is 0 Å². The van der Waals surface area contributed by atoms with Gasteiger partial charge in [-0.05, 0) is 44.7 Å². The Hall–Kier alpha value is -1.10. The molecule has 0 aromatic carbocycles. The van der Waals surface area contributed by atoms with Crippen LogP contribution in [0.4, 0.5) is 5.95 Å². The third kappa shape index (κ3) is 4.29. The second-order valence-corrected chi connectivity index (χ2v) is 5.44. The molecule has 1 aliphatic carbocycles. The van der Waals surface area contributed by atoms with Gasteiger partial charge < -0.3 is 10.1 Å². The maximum atomic E-state index is 5.85. The van der Waals surface area contributed by atoms with Crippen LogP contribution >= 0.6 is 11.6 Å². The number of hydrogen-bond acceptors (Lipinski definition) is 5. The summed E-state index contributed by atoms with van der Waals surface area (Å²) in [6, 6.07) is 0.606. The summed E-state index contributed by atoms with van der Waals surface area (Å²) in [5.41, 5.74) is 0. The molecule has 1 heterocycles. The van der Waals surface area contributed by atoms with Gasteiger partial charge in [0.1, 0.15) is 0 Å². The summed E-state index contributed by atoms with van der Waals surface area (Å²) in [5, 5.41) is 3.40. The number of nitrogens with one attached hydrogen (secondary N) is 1. The topological polar surface area (TPSA) is 59.9 Å². The smallest absolute Gasteiger partial charge is 0.322 e. The molecule has 18 heavy (non-hydrogen) atoms. The fraction of sp³-hybridized carbons (Fsp3) is 0.750. The standard InChI is InChI=1S/C12H19ClN4O/c1-7(2)18-12-16-10(13)15-11(17-12)14-8(3)6-9-4-5-9/h7-9H,4-6H2,1-3H3,(H,14,15,16,17). The molecule has 0 spiro atoms. The maximum Gasteiger partial charge on any atom is 0.322 e. The van der Waals surface area contributed by atoms with E-state index in [4.69, 9.17) is 16.3 Å². The Morgan fingerprint density at radius 1 is 1.28 bits per heavy atom. The van der Waals surface area contributed by atoms with Crippen LogP contribution in [-0.4, -0.2) is 27.1 Å². The Labute approximate surface area is 112 Å². The average molecular weight is 271 g/mol. The molecule has 1 saturated carbocycles. The fourth-order valence-electron chi connectivity index (χ4n) is 1.79. The molecular formula is C12H19ClN4O. The molecule has 1 aromatic rings. The molecule has 2 rings (SSSR count). The Balaban J connectivity index is 1.99. The molecule has 0 aliphatic heterocycles. The number of rotatable bonds is 6. The first kappa shape index (κ1) is 13.3. The molecule has 0 amide bonds. The van der Waals surface area contributed by atoms with Crippen molar-refractivity contribution in [2.45, 2.75) is 52.2 Å². The van der Waals surface area contributed by atoms with Crippen molar-refractivity contribution in [2.24, 2.45) is 5.92 Å². The largest absolute Gasteiger partial charge is 0.461 e. The van der Waals surface area contributed by atoms with Crippen LogP contribution in [0.1, 0.15) is 40.0 Å². The normalized spacial score (nSPS) is 16.7. The molecule has 1 aromatic heterocycles. The van der Waals surface area contributed by atoms with E-state index >= 15 is 0 Å². The lowest BCUT2D eigenvalue weighted by Gasteiger charge is -2.14. The van der Waals surface area contributed by atoms with E-state index in [-0.39, 0.29) is 17.4 Å². The van der Waals surface area contributed by atoms with Crippen LogP contribution < -0.4 is 10.1 Å². The zero-order chi connectivity index (χ0) is 13.1. The van der Waals surface area contributed by atoms with Crippen LogP contribution in [0.3, 0.4) is 0 Å². The monoisotopic (exact) mass is 270 g/mol. The average Bonchev–Trinajstić information content (AvgIpc) is 2.98. The minimum atomic E-state index is 0.0141. The Morgan fingerprint density at radius 3 is 2.61 bits per heavy atom. The minimum absolute atomic E-state index is 0.0141. The van der Waals surface area contributed by atoms with E-state index in [2.05, 4.69) is 27.2 Å². The molecule has 1 N–H and O–H groups in total. The quantitative estimate of drug-likeness (QED) is 0.861. The molecule has 1 aliphatic rings. The molecule has 0 bridgehead atoms. The van der Waals surface area contributed by atoms with Crippen LogP contribution in [0.25, 0.3) is 0 Å². The number of ether oxygens (including phenoxy) is 1. The highest BCUT2D eigenvalue weighted by atomic mass is 35.5. The second-order valence-electron chi connectivity index (χ2n) is 5.10. The van der Waals surface area contributed by atoms with Gasteiger partial charge in [0.2, 0.25) is 11.2 Å². The molecule has 1 atom stereocenters. The molecule has 0 radical (unpaired) electrons. The zero-order valence-electron chi connectivity index (χ0n) is 11.0. The number of hydrogen-bond donors (Lipinski definition) is 1. The van der Waals surface area contributed by atoms with E-state index in [1.807, 2.05) is 13.8 Å². The van der Waals surface area contributed by atoms with Gasteiger partial charge in [-0.1, -0.05) is 12.8 Å². The predicted octanol–water partition coefficient (Wildman–Crippen LogP) is 2.91. The van der Waals surface area contributed by atoms with E-state index in [0.29, 0.717) is 12.0 Å². The second kappa shape index (κ2) is 5.69. The number of anilines is 1. The molecule has 100 valence electrons. The highest BCUT2D eigenvalue weighted by Gasteiger charge is 2.24. The first-order valence-corrected chi connectivity index (χ1v) is 6.75. The highest BCUT2D eigenvalue weighted by Crippen LogP contribution is 2.33. The van der Waals surface area contributed by atoms with Gasteiger partial charge in [0.15, 0.2) is 0 Å². The van der Waals surface area contributed by atoms with Gasteiger partial charge >= 0.3 is 6.01 Å². The van der Waals surface area contributed by atoms with Gasteiger partial charge in [-0.3, -0.25) is 0 Å². The van der Waals surface area contributed by atoms with Crippen molar-refractivity contribution in [3.05, 3.63) is 5.28 Å². The zero-order valence-corrected chi connectivity index (χ0v) is 11.7. The number of aromatic nitrogens is 3. The van der Waals surface area contributed by atoms with Crippen LogP contribution in [0, 0.1) is 5.92 Å². The summed E-state index contributed by atoms with van der Waals surface area (Å²) in [7, 11) is 0. The number of halogens is 1. The minimum Gasteiger partial charge on any atom is -0.461 e. The summed E-state index contributed by atoms with van der Waals surface area (Å²) in [5.74, 6) is 1.34. The van der Waals surface area contributed by atoms with Crippen molar-refractivity contribution in [3.63, 3.8) is 0 Å². The van der Waals surface area contributed by atoms with Crippen molar-refractivity contribution in [3.8, 4) is 6.01 Å². The van der Waals surface area contributed by atoms with E-state index < -0.39 is 0 Å². The lowest BCUT2D eigenvalue weighted by Crippen LogP contribution is -2.19. The Morgan fingerprint density at radius 2 is 2.00 bits per heavy atom. The van der Waals surface area contributed by atoms with Gasteiger partial charge in [-0.15, -0.1) is 0 Å². The Bertz CT molecular complexity index is 409. The SMILES string of the molecule is CC(CC1CC1)Nc1nc(Cl)nc(OC(C)C)n1. The first-order valence-electron chi connectivity index (χ1n) is 6.37. The summed E-state index contributed by atoms with van der Waals surface area (Å²) in [6.07, 6.45) is 3.83. The molecule has 5 nitrogen and oxygen atoms in total. The van der Waals surface area contributed by atoms with Crippen molar-refractivity contribution < 1.29 is 4.74 Å². The maximum absolute atomic E-state index is 5.85. The molecule has 6 heteroatoms. The molecule has 1 fully saturated rings. The summed E-state index contributed by atoms with van der Waals surface area (Å²) < 4.78 is 5.42. The summed E-state index contributed by atoms with van der Waals surface area (Å²) in [4.78, 5) is 12.2. The Kier molecular flexibility index (Phi) is 4.22. The van der Waals surface area contributed by atoms with Crippen LogP contribution in [0.15, 0.2) is 0 Å². The third-order valence-corrected chi connectivity index (χ3v) is 2.86. The summed E-state index contributed by atoms with van der Waals surface area (Å²) >= 11 is 5.85. The van der Waals surface area contributed by atoms with Gasteiger partial charge in [-0.25, -0.2) is 0 Å². The van der Waals surface area contributed by atoms with Crippen LogP contribution in [0.2, 0.25) is 5.28 Å². The van der Waals surface area contributed by atoms with Crippen LogP contribution in [-0.2, 0) is 0 Å². The molecule has 0 saturated heterocycles. The van der Waals surface area contributed by atoms with Crippen molar-refractivity contribution in [2.75, 3.05) is 5.32 Å². The highest BCUT2D eigenvalue weighted by molar-refractivity contribution is 6.28. The van der Waals surface area contributed by atoms with E-state index in [9.17, 15) is 0 Å². The van der Waals surface area contributed by atoms with Crippen molar-refractivity contribution in [1.82, 2.24) is 15.0 Å². The third-order valence-electron chi connectivity index (χ3n) is 2.69. The van der Waals surface area contributed by atoms with Gasteiger partial charge in [-0.2, -0.15) is 15.0 Å². The van der Waals surface area contributed by atoms with Gasteiger partial charge in [0.25, 0.3) is 0 Å². The number of nitrogens with zero attached hydrogens (tertiary/aromatic N) is 3. The van der Waals surface area contributed by atoms with Gasteiger partial charge in [0.05, 0.1) is 6.10 Å². The van der Waals surface area contributed by atoms with Crippen molar-refractivity contribution >= 4 is 17.5 Å².